The second kappa shape index (κ2) is 6.88. The summed E-state index contributed by atoms with van der Waals surface area (Å²) >= 11 is 0. The van der Waals surface area contributed by atoms with E-state index >= 15 is 0 Å². The molecule has 6 nitrogen and oxygen atoms in total. The van der Waals surface area contributed by atoms with Crippen LogP contribution in [0.15, 0.2) is 42.7 Å². The summed E-state index contributed by atoms with van der Waals surface area (Å²) in [7, 11) is 2.17. The average molecular weight is 339 g/mol. The van der Waals surface area contributed by atoms with E-state index in [-0.39, 0.29) is 6.03 Å². The largest absolute Gasteiger partial charge is 0.334 e. The summed E-state index contributed by atoms with van der Waals surface area (Å²) in [5.74, 6) is 1.28. The molecular weight excluding hydrogens is 314 g/mol. The summed E-state index contributed by atoms with van der Waals surface area (Å²) < 4.78 is 1.90. The summed E-state index contributed by atoms with van der Waals surface area (Å²) in [6.45, 7) is 5.27. The van der Waals surface area contributed by atoms with Crippen LogP contribution in [0.5, 0.6) is 0 Å². The number of hydrogen-bond donors (Lipinski definition) is 1. The maximum Gasteiger partial charge on any atom is 0.317 e. The Morgan fingerprint density at radius 2 is 1.84 bits per heavy atom. The van der Waals surface area contributed by atoms with Gasteiger partial charge in [-0.2, -0.15) is 5.10 Å². The minimum atomic E-state index is 0.0611. The van der Waals surface area contributed by atoms with E-state index in [2.05, 4.69) is 34.5 Å². The SMILES string of the molecule is CN1C[C@@H]2CN(C(=O)NCc3ccccc3Cn3cccn3)C[C@@H]2C1. The molecule has 0 bridgehead atoms. The number of aromatic nitrogens is 2. The number of urea groups is 1. The number of nitrogens with zero attached hydrogens (tertiary/aromatic N) is 4. The Kier molecular flexibility index (Phi) is 4.44. The van der Waals surface area contributed by atoms with Gasteiger partial charge in [0.1, 0.15) is 0 Å². The Morgan fingerprint density at radius 3 is 2.52 bits per heavy atom. The fraction of sp³-hybridized carbons (Fsp3) is 0.474. The molecule has 0 saturated carbocycles. The molecule has 2 aliphatic rings. The van der Waals surface area contributed by atoms with Gasteiger partial charge in [-0.1, -0.05) is 24.3 Å². The van der Waals surface area contributed by atoms with Crippen molar-refractivity contribution in [1.82, 2.24) is 24.9 Å². The van der Waals surface area contributed by atoms with Crippen molar-refractivity contribution in [2.45, 2.75) is 13.1 Å². The van der Waals surface area contributed by atoms with Crippen LogP contribution >= 0.6 is 0 Å². The van der Waals surface area contributed by atoms with Gasteiger partial charge < -0.3 is 15.1 Å². The molecule has 0 aliphatic carbocycles. The van der Waals surface area contributed by atoms with E-state index in [1.54, 1.807) is 6.20 Å². The molecule has 6 heteroatoms. The molecule has 3 heterocycles. The third kappa shape index (κ3) is 3.54. The molecule has 1 N–H and O–H groups in total. The van der Waals surface area contributed by atoms with Crippen molar-refractivity contribution in [3.05, 3.63) is 53.9 Å². The van der Waals surface area contributed by atoms with Crippen molar-refractivity contribution in [2.24, 2.45) is 11.8 Å². The van der Waals surface area contributed by atoms with Gasteiger partial charge in [0, 0.05) is 45.1 Å². The monoisotopic (exact) mass is 339 g/mol. The number of fused-ring (bicyclic) bond motifs is 1. The van der Waals surface area contributed by atoms with Crippen LogP contribution in [0.3, 0.4) is 0 Å². The van der Waals surface area contributed by atoms with Crippen LogP contribution in [0.2, 0.25) is 0 Å². The lowest BCUT2D eigenvalue weighted by atomic mass is 10.0. The highest BCUT2D eigenvalue weighted by Crippen LogP contribution is 2.30. The van der Waals surface area contributed by atoms with E-state index < -0.39 is 0 Å². The number of benzene rings is 1. The zero-order valence-corrected chi connectivity index (χ0v) is 14.6. The Labute approximate surface area is 148 Å². The zero-order chi connectivity index (χ0) is 17.2. The number of rotatable bonds is 4. The molecule has 0 unspecified atom stereocenters. The fourth-order valence-electron chi connectivity index (χ4n) is 4.13. The lowest BCUT2D eigenvalue weighted by Gasteiger charge is -2.20. The van der Waals surface area contributed by atoms with E-state index in [1.165, 1.54) is 5.56 Å². The Balaban J connectivity index is 1.35. The number of likely N-dealkylation sites (tertiary alicyclic amines) is 2. The van der Waals surface area contributed by atoms with Crippen molar-refractivity contribution in [3.8, 4) is 0 Å². The highest BCUT2D eigenvalue weighted by Gasteiger charge is 2.40. The molecule has 0 spiro atoms. The Bertz CT molecular complexity index is 715. The highest BCUT2D eigenvalue weighted by molar-refractivity contribution is 5.74. The van der Waals surface area contributed by atoms with Gasteiger partial charge in [-0.25, -0.2) is 4.79 Å². The first-order valence-electron chi connectivity index (χ1n) is 8.94. The van der Waals surface area contributed by atoms with Crippen LogP contribution in [-0.4, -0.2) is 58.8 Å². The molecule has 1 aromatic heterocycles. The van der Waals surface area contributed by atoms with Gasteiger partial charge in [-0.15, -0.1) is 0 Å². The van der Waals surface area contributed by atoms with Gasteiger partial charge >= 0.3 is 6.03 Å². The van der Waals surface area contributed by atoms with E-state index in [0.717, 1.165) is 38.3 Å². The first kappa shape index (κ1) is 16.1. The molecule has 2 fully saturated rings. The third-order valence-corrected chi connectivity index (χ3v) is 5.40. The maximum absolute atomic E-state index is 12.5. The molecule has 2 aromatic rings. The lowest BCUT2D eigenvalue weighted by Crippen LogP contribution is -2.39. The lowest BCUT2D eigenvalue weighted by molar-refractivity contribution is 0.201. The van der Waals surface area contributed by atoms with Gasteiger partial charge in [0.05, 0.1) is 6.54 Å². The van der Waals surface area contributed by atoms with Crippen LogP contribution < -0.4 is 5.32 Å². The molecule has 132 valence electrons. The summed E-state index contributed by atoms with van der Waals surface area (Å²) in [6, 6.07) is 10.2. The number of hydrogen-bond acceptors (Lipinski definition) is 3. The second-order valence-electron chi connectivity index (χ2n) is 7.28. The summed E-state index contributed by atoms with van der Waals surface area (Å²) in [5.41, 5.74) is 2.33. The Hall–Kier alpha value is -2.34. The van der Waals surface area contributed by atoms with Gasteiger partial charge in [-0.3, -0.25) is 4.68 Å². The fourth-order valence-corrected chi connectivity index (χ4v) is 4.13. The second-order valence-corrected chi connectivity index (χ2v) is 7.28. The minimum Gasteiger partial charge on any atom is -0.334 e. The van der Waals surface area contributed by atoms with Crippen LogP contribution in [0.1, 0.15) is 11.1 Å². The van der Waals surface area contributed by atoms with Crippen molar-refractivity contribution in [3.63, 3.8) is 0 Å². The molecule has 1 aromatic carbocycles. The van der Waals surface area contributed by atoms with Crippen molar-refractivity contribution in [2.75, 3.05) is 33.2 Å². The molecule has 2 aliphatic heterocycles. The predicted molar refractivity (Wildman–Crippen MR) is 96.1 cm³/mol. The van der Waals surface area contributed by atoms with E-state index in [1.807, 2.05) is 34.0 Å². The number of carbonyl (C=O) groups is 1. The Morgan fingerprint density at radius 1 is 1.12 bits per heavy atom. The molecular formula is C19H25N5O. The summed E-state index contributed by atoms with van der Waals surface area (Å²) in [6.07, 6.45) is 3.74. The maximum atomic E-state index is 12.5. The van der Waals surface area contributed by atoms with Gasteiger partial charge in [0.25, 0.3) is 0 Å². The number of nitrogens with one attached hydrogen (secondary N) is 1. The van der Waals surface area contributed by atoms with Crippen molar-refractivity contribution in [1.29, 1.82) is 0 Å². The average Bonchev–Trinajstić information content (AvgIpc) is 3.30. The van der Waals surface area contributed by atoms with Gasteiger partial charge in [-0.05, 0) is 36.1 Å². The number of carbonyl (C=O) groups excluding carboxylic acids is 1. The van der Waals surface area contributed by atoms with Crippen LogP contribution in [0.25, 0.3) is 0 Å². The minimum absolute atomic E-state index is 0.0611. The summed E-state index contributed by atoms with van der Waals surface area (Å²) in [4.78, 5) is 16.9. The molecule has 2 amide bonds. The third-order valence-electron chi connectivity index (χ3n) is 5.40. The smallest absolute Gasteiger partial charge is 0.317 e. The van der Waals surface area contributed by atoms with Gasteiger partial charge in [0.2, 0.25) is 0 Å². The molecule has 2 atom stereocenters. The molecule has 25 heavy (non-hydrogen) atoms. The van der Waals surface area contributed by atoms with Crippen LogP contribution in [-0.2, 0) is 13.1 Å². The summed E-state index contributed by atoms with van der Waals surface area (Å²) in [5, 5.41) is 7.37. The molecule has 0 radical (unpaired) electrons. The van der Waals surface area contributed by atoms with Crippen LogP contribution in [0.4, 0.5) is 4.79 Å². The number of amides is 2. The van der Waals surface area contributed by atoms with Crippen molar-refractivity contribution < 1.29 is 4.79 Å². The molecule has 2 saturated heterocycles. The zero-order valence-electron chi connectivity index (χ0n) is 14.6. The predicted octanol–water partition coefficient (Wildman–Crippen LogP) is 1.63. The van der Waals surface area contributed by atoms with Gasteiger partial charge in [0.15, 0.2) is 0 Å². The highest BCUT2D eigenvalue weighted by atomic mass is 16.2. The first-order valence-corrected chi connectivity index (χ1v) is 8.94. The van der Waals surface area contributed by atoms with Crippen molar-refractivity contribution >= 4 is 6.03 Å². The van der Waals surface area contributed by atoms with E-state index in [0.29, 0.717) is 18.4 Å². The topological polar surface area (TPSA) is 53.4 Å². The van der Waals surface area contributed by atoms with E-state index in [9.17, 15) is 4.79 Å². The van der Waals surface area contributed by atoms with Crippen LogP contribution in [0, 0.1) is 11.8 Å². The molecule has 4 rings (SSSR count). The standard InChI is InChI=1S/C19H25N5O/c1-22-10-17-12-23(13-18(17)11-22)19(25)20-9-15-5-2-3-6-16(15)14-24-8-4-7-21-24/h2-8,17-18H,9-14H2,1H3,(H,20,25)/t17-,18+. The van der Waals surface area contributed by atoms with E-state index in [4.69, 9.17) is 0 Å². The quantitative estimate of drug-likeness (QED) is 0.921. The first-order chi connectivity index (χ1) is 12.2. The normalized spacial score (nSPS) is 23.0.